The van der Waals surface area contributed by atoms with Crippen molar-refractivity contribution in [2.75, 3.05) is 26.6 Å². The van der Waals surface area contributed by atoms with Crippen molar-refractivity contribution < 1.29 is 19.0 Å². The summed E-state index contributed by atoms with van der Waals surface area (Å²) in [5, 5.41) is 5.81. The van der Waals surface area contributed by atoms with E-state index in [1.807, 2.05) is 6.07 Å². The number of hydrogen-bond acceptors (Lipinski definition) is 5. The number of rotatable bonds is 6. The number of carbonyl (C=O) groups excluding carboxylic acids is 1. The maximum absolute atomic E-state index is 12.1. The minimum atomic E-state index is -0.413. The van der Waals surface area contributed by atoms with Crippen LogP contribution in [0, 0.1) is 0 Å². The number of nitrogens with zero attached hydrogens (tertiary/aromatic N) is 1. The number of urea groups is 1. The molecule has 8 heteroatoms. The zero-order valence-electron chi connectivity index (χ0n) is 13.6. The maximum atomic E-state index is 12.1. The van der Waals surface area contributed by atoms with Crippen molar-refractivity contribution in [2.45, 2.75) is 6.54 Å². The number of ether oxygens (including phenoxy) is 3. The Balaban J connectivity index is 2.07. The molecule has 1 aromatic heterocycles. The largest absolute Gasteiger partial charge is 0.495 e. The molecule has 0 aliphatic heterocycles. The number of carbonyl (C=O) groups is 1. The van der Waals surface area contributed by atoms with Gasteiger partial charge in [0.1, 0.15) is 11.5 Å². The van der Waals surface area contributed by atoms with E-state index in [9.17, 15) is 4.79 Å². The fourth-order valence-corrected chi connectivity index (χ4v) is 2.27. The standard InChI is InChI=1S/C16H18ClN3O4/c1-22-13-8-12(14(23-2)7-11(13)17)20-16(21)19-9-10-5-4-6-18-15(10)24-3/h4-8H,9H2,1-3H3,(H2,19,20,21). The van der Waals surface area contributed by atoms with Crippen LogP contribution in [0.25, 0.3) is 0 Å². The summed E-state index contributed by atoms with van der Waals surface area (Å²) in [6.45, 7) is 0.260. The van der Waals surface area contributed by atoms with Gasteiger partial charge in [-0.25, -0.2) is 9.78 Å². The average Bonchev–Trinajstić information content (AvgIpc) is 2.61. The normalized spacial score (nSPS) is 10.0. The lowest BCUT2D eigenvalue weighted by Gasteiger charge is -2.14. The Hall–Kier alpha value is -2.67. The zero-order chi connectivity index (χ0) is 17.5. The highest BCUT2D eigenvalue weighted by Gasteiger charge is 2.13. The molecule has 1 heterocycles. The number of halogens is 1. The molecule has 0 aliphatic carbocycles. The summed E-state index contributed by atoms with van der Waals surface area (Å²) in [4.78, 5) is 16.2. The van der Waals surface area contributed by atoms with Crippen molar-refractivity contribution in [1.29, 1.82) is 0 Å². The second-order valence-corrected chi connectivity index (χ2v) is 5.07. The molecule has 1 aromatic carbocycles. The lowest BCUT2D eigenvalue weighted by Crippen LogP contribution is -2.28. The molecule has 0 atom stereocenters. The minimum absolute atomic E-state index is 0.260. The molecule has 0 radical (unpaired) electrons. The molecule has 0 fully saturated rings. The van der Waals surface area contributed by atoms with Crippen molar-refractivity contribution in [3.05, 3.63) is 41.0 Å². The Morgan fingerprint density at radius 2 is 1.92 bits per heavy atom. The number of benzene rings is 1. The van der Waals surface area contributed by atoms with Gasteiger partial charge in [0.2, 0.25) is 5.88 Å². The predicted octanol–water partition coefficient (Wildman–Crippen LogP) is 3.08. The third kappa shape index (κ3) is 4.20. The van der Waals surface area contributed by atoms with Crippen LogP contribution in [0.15, 0.2) is 30.5 Å². The molecule has 7 nitrogen and oxygen atoms in total. The number of aromatic nitrogens is 1. The molecule has 2 N–H and O–H groups in total. The summed E-state index contributed by atoms with van der Waals surface area (Å²) < 4.78 is 15.5. The van der Waals surface area contributed by atoms with E-state index >= 15 is 0 Å². The molecule has 0 saturated heterocycles. The predicted molar refractivity (Wildman–Crippen MR) is 91.2 cm³/mol. The molecule has 24 heavy (non-hydrogen) atoms. The molecule has 0 spiro atoms. The van der Waals surface area contributed by atoms with E-state index in [0.29, 0.717) is 28.1 Å². The number of anilines is 1. The van der Waals surface area contributed by atoms with Crippen LogP contribution in [0.5, 0.6) is 17.4 Å². The zero-order valence-corrected chi connectivity index (χ0v) is 14.3. The number of pyridine rings is 1. The van der Waals surface area contributed by atoms with Crippen LogP contribution in [0.2, 0.25) is 5.02 Å². The van der Waals surface area contributed by atoms with Crippen LogP contribution in [-0.2, 0) is 6.54 Å². The molecule has 0 unspecified atom stereocenters. The highest BCUT2D eigenvalue weighted by Crippen LogP contribution is 2.35. The first-order valence-electron chi connectivity index (χ1n) is 7.03. The van der Waals surface area contributed by atoms with Gasteiger partial charge in [-0.3, -0.25) is 0 Å². The van der Waals surface area contributed by atoms with Gasteiger partial charge in [0.05, 0.1) is 32.0 Å². The van der Waals surface area contributed by atoms with E-state index in [-0.39, 0.29) is 6.54 Å². The van der Waals surface area contributed by atoms with Gasteiger partial charge in [-0.15, -0.1) is 0 Å². The summed E-state index contributed by atoms with van der Waals surface area (Å²) >= 11 is 6.04. The van der Waals surface area contributed by atoms with Gasteiger partial charge in [0.15, 0.2) is 0 Å². The third-order valence-electron chi connectivity index (χ3n) is 3.20. The Kier molecular flexibility index (Phi) is 6.08. The van der Waals surface area contributed by atoms with Crippen LogP contribution in [0.3, 0.4) is 0 Å². The molecule has 0 saturated carbocycles. The maximum Gasteiger partial charge on any atom is 0.319 e. The number of amides is 2. The summed E-state index contributed by atoms with van der Waals surface area (Å²) in [7, 11) is 4.50. The average molecular weight is 352 g/mol. The summed E-state index contributed by atoms with van der Waals surface area (Å²) in [5.41, 5.74) is 1.20. The van der Waals surface area contributed by atoms with Crippen molar-refractivity contribution in [3.63, 3.8) is 0 Å². The molecular formula is C16H18ClN3O4. The molecule has 2 rings (SSSR count). The molecule has 128 valence electrons. The van der Waals surface area contributed by atoms with Crippen molar-refractivity contribution in [2.24, 2.45) is 0 Å². The fourth-order valence-electron chi connectivity index (χ4n) is 2.04. The molecule has 0 bridgehead atoms. The first-order chi connectivity index (χ1) is 11.6. The lowest BCUT2D eigenvalue weighted by atomic mass is 10.2. The summed E-state index contributed by atoms with van der Waals surface area (Å²) in [6, 6.07) is 6.33. The van der Waals surface area contributed by atoms with Crippen LogP contribution in [-0.4, -0.2) is 32.3 Å². The Morgan fingerprint density at radius 1 is 1.17 bits per heavy atom. The third-order valence-corrected chi connectivity index (χ3v) is 3.50. The SMILES string of the molecule is COc1cc(NC(=O)NCc2cccnc2OC)c(OC)cc1Cl. The summed E-state index contributed by atoms with van der Waals surface area (Å²) in [6.07, 6.45) is 1.62. The monoisotopic (exact) mass is 351 g/mol. The Bertz CT molecular complexity index is 724. The van der Waals surface area contributed by atoms with Crippen LogP contribution in [0.1, 0.15) is 5.56 Å². The van der Waals surface area contributed by atoms with Crippen LogP contribution in [0.4, 0.5) is 10.5 Å². The van der Waals surface area contributed by atoms with Gasteiger partial charge in [0.25, 0.3) is 0 Å². The van der Waals surface area contributed by atoms with Crippen molar-refractivity contribution in [3.8, 4) is 17.4 Å². The van der Waals surface area contributed by atoms with Crippen LogP contribution >= 0.6 is 11.6 Å². The highest BCUT2D eigenvalue weighted by molar-refractivity contribution is 6.32. The van der Waals surface area contributed by atoms with E-state index < -0.39 is 6.03 Å². The second-order valence-electron chi connectivity index (χ2n) is 4.67. The van der Waals surface area contributed by atoms with Gasteiger partial charge >= 0.3 is 6.03 Å². The van der Waals surface area contributed by atoms with E-state index in [1.165, 1.54) is 21.3 Å². The number of methoxy groups -OCH3 is 3. The Morgan fingerprint density at radius 3 is 2.58 bits per heavy atom. The topological polar surface area (TPSA) is 81.7 Å². The van der Waals surface area contributed by atoms with Crippen molar-refractivity contribution >= 4 is 23.3 Å². The van der Waals surface area contributed by atoms with Gasteiger partial charge in [0, 0.05) is 30.4 Å². The first kappa shape index (κ1) is 17.7. The highest BCUT2D eigenvalue weighted by atomic mass is 35.5. The van der Waals surface area contributed by atoms with Gasteiger partial charge in [-0.2, -0.15) is 0 Å². The van der Waals surface area contributed by atoms with E-state index in [0.717, 1.165) is 5.56 Å². The number of hydrogen-bond donors (Lipinski definition) is 2. The van der Waals surface area contributed by atoms with Gasteiger partial charge in [-0.05, 0) is 6.07 Å². The van der Waals surface area contributed by atoms with Crippen LogP contribution < -0.4 is 24.8 Å². The molecule has 2 amide bonds. The molecule has 0 aliphatic rings. The van der Waals surface area contributed by atoms with E-state index in [2.05, 4.69) is 15.6 Å². The minimum Gasteiger partial charge on any atom is -0.495 e. The number of nitrogens with one attached hydrogen (secondary N) is 2. The first-order valence-corrected chi connectivity index (χ1v) is 7.41. The van der Waals surface area contributed by atoms with Gasteiger partial charge < -0.3 is 24.8 Å². The summed E-state index contributed by atoms with van der Waals surface area (Å²) in [5.74, 6) is 1.32. The van der Waals surface area contributed by atoms with Crippen molar-refractivity contribution in [1.82, 2.24) is 10.3 Å². The second kappa shape index (κ2) is 8.26. The Labute approximate surface area is 144 Å². The molecular weight excluding hydrogens is 334 g/mol. The quantitative estimate of drug-likeness (QED) is 0.835. The smallest absolute Gasteiger partial charge is 0.319 e. The van der Waals surface area contributed by atoms with E-state index in [1.54, 1.807) is 24.4 Å². The lowest BCUT2D eigenvalue weighted by molar-refractivity contribution is 0.251. The van der Waals surface area contributed by atoms with E-state index in [4.69, 9.17) is 25.8 Å². The van der Waals surface area contributed by atoms with Gasteiger partial charge in [-0.1, -0.05) is 17.7 Å². The molecule has 2 aromatic rings. The fraction of sp³-hybridized carbons (Fsp3) is 0.250.